The van der Waals surface area contributed by atoms with Crippen LogP contribution in [0.2, 0.25) is 0 Å². The van der Waals surface area contributed by atoms with E-state index in [2.05, 4.69) is 19.1 Å². The molecule has 0 aliphatic heterocycles. The lowest BCUT2D eigenvalue weighted by Crippen LogP contribution is -2.13. The van der Waals surface area contributed by atoms with E-state index in [1.54, 1.807) is 7.11 Å². The fourth-order valence-electron chi connectivity index (χ4n) is 1.95. The molecule has 0 aromatic heterocycles. The van der Waals surface area contributed by atoms with Gasteiger partial charge in [-0.2, -0.15) is 0 Å². The standard InChI is InChI=1S/C16H26O3/c1-3-4-10-19-11-9-15(13-17)12-14-5-7-16(18-2)8-6-14/h5-8,15,17H,3-4,9-13H2,1-2H3. The fourth-order valence-corrected chi connectivity index (χ4v) is 1.95. The van der Waals surface area contributed by atoms with Gasteiger partial charge in [0, 0.05) is 19.8 Å². The van der Waals surface area contributed by atoms with Gasteiger partial charge in [-0.25, -0.2) is 0 Å². The SMILES string of the molecule is CCCCOCCC(CO)Cc1ccc(OC)cc1. The highest BCUT2D eigenvalue weighted by molar-refractivity contribution is 5.27. The predicted octanol–water partition coefficient (Wildman–Crippen LogP) is 3.05. The molecule has 0 saturated heterocycles. The number of aliphatic hydroxyl groups is 1. The highest BCUT2D eigenvalue weighted by Gasteiger charge is 2.08. The lowest BCUT2D eigenvalue weighted by atomic mass is 9.97. The molecule has 0 aliphatic carbocycles. The molecule has 19 heavy (non-hydrogen) atoms. The third-order valence-electron chi connectivity index (χ3n) is 3.25. The summed E-state index contributed by atoms with van der Waals surface area (Å²) in [5.74, 6) is 1.14. The second-order valence-electron chi connectivity index (χ2n) is 4.86. The first-order valence-corrected chi connectivity index (χ1v) is 7.11. The average molecular weight is 266 g/mol. The third-order valence-corrected chi connectivity index (χ3v) is 3.25. The van der Waals surface area contributed by atoms with Crippen molar-refractivity contribution in [2.45, 2.75) is 32.6 Å². The predicted molar refractivity (Wildman–Crippen MR) is 77.6 cm³/mol. The van der Waals surface area contributed by atoms with E-state index in [1.807, 2.05) is 12.1 Å². The highest BCUT2D eigenvalue weighted by Crippen LogP contribution is 2.16. The Morgan fingerprint density at radius 1 is 1.16 bits per heavy atom. The van der Waals surface area contributed by atoms with Gasteiger partial charge in [0.15, 0.2) is 0 Å². The third kappa shape index (κ3) is 6.60. The second kappa shape index (κ2) is 9.82. The molecule has 0 heterocycles. The van der Waals surface area contributed by atoms with Crippen LogP contribution >= 0.6 is 0 Å². The Balaban J connectivity index is 2.30. The number of rotatable bonds is 10. The first kappa shape index (κ1) is 16.0. The molecule has 3 heteroatoms. The summed E-state index contributed by atoms with van der Waals surface area (Å²) in [6, 6.07) is 8.03. The quantitative estimate of drug-likeness (QED) is 0.662. The minimum Gasteiger partial charge on any atom is -0.497 e. The zero-order valence-corrected chi connectivity index (χ0v) is 12.1. The molecule has 1 N–H and O–H groups in total. The molecule has 0 radical (unpaired) electrons. The van der Waals surface area contributed by atoms with Gasteiger partial charge in [-0.3, -0.25) is 0 Å². The van der Waals surface area contributed by atoms with Crippen molar-refractivity contribution < 1.29 is 14.6 Å². The molecule has 0 spiro atoms. The van der Waals surface area contributed by atoms with Crippen molar-refractivity contribution in [2.75, 3.05) is 26.9 Å². The number of methoxy groups -OCH3 is 1. The molecule has 108 valence electrons. The van der Waals surface area contributed by atoms with E-state index >= 15 is 0 Å². The molecule has 1 rings (SSSR count). The molecule has 0 aliphatic rings. The number of aliphatic hydroxyl groups excluding tert-OH is 1. The van der Waals surface area contributed by atoms with E-state index in [-0.39, 0.29) is 12.5 Å². The molecular formula is C16H26O3. The molecule has 0 saturated carbocycles. The van der Waals surface area contributed by atoms with Crippen molar-refractivity contribution in [3.63, 3.8) is 0 Å². The number of benzene rings is 1. The van der Waals surface area contributed by atoms with E-state index in [9.17, 15) is 5.11 Å². The van der Waals surface area contributed by atoms with Crippen molar-refractivity contribution in [3.8, 4) is 5.75 Å². The van der Waals surface area contributed by atoms with Gasteiger partial charge in [0.05, 0.1) is 7.11 Å². The maximum atomic E-state index is 9.41. The van der Waals surface area contributed by atoms with Crippen LogP contribution in [0.5, 0.6) is 5.75 Å². The Hall–Kier alpha value is -1.06. The molecule has 0 bridgehead atoms. The van der Waals surface area contributed by atoms with Crippen LogP contribution in [0.3, 0.4) is 0 Å². The summed E-state index contributed by atoms with van der Waals surface area (Å²) < 4.78 is 10.7. The molecule has 0 amide bonds. The summed E-state index contributed by atoms with van der Waals surface area (Å²) in [6.45, 7) is 3.94. The number of hydrogen-bond acceptors (Lipinski definition) is 3. The summed E-state index contributed by atoms with van der Waals surface area (Å²) in [5.41, 5.74) is 1.23. The van der Waals surface area contributed by atoms with Gasteiger partial charge in [-0.05, 0) is 42.9 Å². The molecule has 1 unspecified atom stereocenters. The van der Waals surface area contributed by atoms with E-state index in [1.165, 1.54) is 5.56 Å². The first-order valence-electron chi connectivity index (χ1n) is 7.11. The topological polar surface area (TPSA) is 38.7 Å². The van der Waals surface area contributed by atoms with Gasteiger partial charge in [0.2, 0.25) is 0 Å². The summed E-state index contributed by atoms with van der Waals surface area (Å²) in [5, 5.41) is 9.41. The van der Waals surface area contributed by atoms with Crippen molar-refractivity contribution in [1.82, 2.24) is 0 Å². The van der Waals surface area contributed by atoms with Crippen molar-refractivity contribution in [2.24, 2.45) is 5.92 Å². The van der Waals surface area contributed by atoms with Crippen LogP contribution in [0, 0.1) is 5.92 Å². The average Bonchev–Trinajstić information content (AvgIpc) is 2.46. The highest BCUT2D eigenvalue weighted by atomic mass is 16.5. The van der Waals surface area contributed by atoms with Crippen molar-refractivity contribution in [3.05, 3.63) is 29.8 Å². The van der Waals surface area contributed by atoms with Gasteiger partial charge in [-0.1, -0.05) is 25.5 Å². The zero-order chi connectivity index (χ0) is 13.9. The molecule has 1 aromatic rings. The molecule has 0 fully saturated rings. The van der Waals surface area contributed by atoms with Gasteiger partial charge >= 0.3 is 0 Å². The van der Waals surface area contributed by atoms with Crippen molar-refractivity contribution >= 4 is 0 Å². The van der Waals surface area contributed by atoms with Crippen LogP contribution in [0.15, 0.2) is 24.3 Å². The number of unbranched alkanes of at least 4 members (excludes halogenated alkanes) is 1. The number of hydrogen-bond donors (Lipinski definition) is 1. The van der Waals surface area contributed by atoms with Crippen LogP contribution in [0.4, 0.5) is 0 Å². The lowest BCUT2D eigenvalue weighted by Gasteiger charge is -2.14. The monoisotopic (exact) mass is 266 g/mol. The maximum Gasteiger partial charge on any atom is 0.118 e. The summed E-state index contributed by atoms with van der Waals surface area (Å²) in [4.78, 5) is 0. The summed E-state index contributed by atoms with van der Waals surface area (Å²) in [7, 11) is 1.67. The van der Waals surface area contributed by atoms with Gasteiger partial charge in [0.25, 0.3) is 0 Å². The maximum absolute atomic E-state index is 9.41. The van der Waals surface area contributed by atoms with Crippen LogP contribution < -0.4 is 4.74 Å². The minimum atomic E-state index is 0.211. The minimum absolute atomic E-state index is 0.211. The van der Waals surface area contributed by atoms with E-state index in [4.69, 9.17) is 9.47 Å². The van der Waals surface area contributed by atoms with Gasteiger partial charge in [-0.15, -0.1) is 0 Å². The fraction of sp³-hybridized carbons (Fsp3) is 0.625. The Morgan fingerprint density at radius 2 is 1.89 bits per heavy atom. The van der Waals surface area contributed by atoms with Gasteiger partial charge in [0.1, 0.15) is 5.75 Å². The molecule has 3 nitrogen and oxygen atoms in total. The number of ether oxygens (including phenoxy) is 2. The van der Waals surface area contributed by atoms with Crippen LogP contribution in [-0.4, -0.2) is 32.0 Å². The van der Waals surface area contributed by atoms with Crippen molar-refractivity contribution in [1.29, 1.82) is 0 Å². The van der Waals surface area contributed by atoms with Crippen LogP contribution in [0.1, 0.15) is 31.7 Å². The molecule has 1 atom stereocenters. The Labute approximate surface area is 116 Å². The Kier molecular flexibility index (Phi) is 8.26. The van der Waals surface area contributed by atoms with E-state index < -0.39 is 0 Å². The second-order valence-corrected chi connectivity index (χ2v) is 4.86. The molecular weight excluding hydrogens is 240 g/mol. The van der Waals surface area contributed by atoms with E-state index in [0.717, 1.165) is 44.6 Å². The van der Waals surface area contributed by atoms with Crippen LogP contribution in [0.25, 0.3) is 0 Å². The smallest absolute Gasteiger partial charge is 0.118 e. The van der Waals surface area contributed by atoms with E-state index in [0.29, 0.717) is 0 Å². The first-order chi connectivity index (χ1) is 9.30. The van der Waals surface area contributed by atoms with Crippen LogP contribution in [-0.2, 0) is 11.2 Å². The zero-order valence-electron chi connectivity index (χ0n) is 12.1. The Morgan fingerprint density at radius 3 is 2.47 bits per heavy atom. The lowest BCUT2D eigenvalue weighted by molar-refractivity contribution is 0.104. The Bertz CT molecular complexity index is 321. The summed E-state index contributed by atoms with van der Waals surface area (Å²) >= 11 is 0. The van der Waals surface area contributed by atoms with Gasteiger partial charge < -0.3 is 14.6 Å². The molecule has 1 aromatic carbocycles. The summed E-state index contributed by atoms with van der Waals surface area (Å²) in [6.07, 6.45) is 4.07. The normalized spacial score (nSPS) is 12.4. The largest absolute Gasteiger partial charge is 0.497 e.